The minimum absolute atomic E-state index is 0.0278. The van der Waals surface area contributed by atoms with E-state index in [0.717, 1.165) is 49.3 Å². The van der Waals surface area contributed by atoms with Crippen molar-refractivity contribution in [3.8, 4) is 0 Å². The van der Waals surface area contributed by atoms with Gasteiger partial charge in [0.25, 0.3) is 10.2 Å². The van der Waals surface area contributed by atoms with Crippen LogP contribution in [0.2, 0.25) is 0 Å². The van der Waals surface area contributed by atoms with Gasteiger partial charge in [0, 0.05) is 56.3 Å². The van der Waals surface area contributed by atoms with E-state index in [2.05, 4.69) is 0 Å². The van der Waals surface area contributed by atoms with Crippen LogP contribution in [0, 0.1) is 12.8 Å². The van der Waals surface area contributed by atoms with E-state index < -0.39 is 10.2 Å². The number of carbonyl (C=O) groups is 1. The minimum Gasteiger partial charge on any atom is -0.296 e. The molecule has 5 rings (SSSR count). The summed E-state index contributed by atoms with van der Waals surface area (Å²) in [7, 11) is -3.41. The normalized spacial score (nSPS) is 26.2. The number of aromatic nitrogens is 2. The second-order valence-corrected chi connectivity index (χ2v) is 11.2. The van der Waals surface area contributed by atoms with Gasteiger partial charge in [-0.05, 0) is 57.8 Å². The summed E-state index contributed by atoms with van der Waals surface area (Å²) >= 11 is 0. The van der Waals surface area contributed by atoms with Crippen molar-refractivity contribution in [2.45, 2.75) is 64.2 Å². The SMILES string of the molecule is Cc1nc([C@H]2CCCN(S(=O)(=O)N3CCCC3)C2)nc2c1CCC(=O)N2CC1CC1. The molecule has 1 aromatic heterocycles. The molecule has 0 aromatic carbocycles. The van der Waals surface area contributed by atoms with Gasteiger partial charge in [0.05, 0.1) is 0 Å². The first-order valence-corrected chi connectivity index (χ1v) is 12.8. The molecule has 30 heavy (non-hydrogen) atoms. The summed E-state index contributed by atoms with van der Waals surface area (Å²) in [5, 5.41) is 0. The van der Waals surface area contributed by atoms with Crippen molar-refractivity contribution in [3.05, 3.63) is 17.1 Å². The lowest BCUT2D eigenvalue weighted by molar-refractivity contribution is -0.119. The number of fused-ring (bicyclic) bond motifs is 1. The Kier molecular flexibility index (Phi) is 5.31. The minimum atomic E-state index is -3.41. The molecule has 3 aliphatic heterocycles. The number of piperidine rings is 1. The molecule has 1 atom stereocenters. The predicted molar refractivity (Wildman–Crippen MR) is 113 cm³/mol. The Labute approximate surface area is 178 Å². The summed E-state index contributed by atoms with van der Waals surface area (Å²) in [5.74, 6) is 2.19. The highest BCUT2D eigenvalue weighted by Crippen LogP contribution is 2.36. The number of carbonyl (C=O) groups excluding carboxylic acids is 1. The number of hydrogen-bond donors (Lipinski definition) is 0. The molecule has 0 N–H and O–H groups in total. The third-order valence-corrected chi connectivity index (χ3v) is 8.96. The molecule has 0 radical (unpaired) electrons. The lowest BCUT2D eigenvalue weighted by atomic mass is 9.97. The third kappa shape index (κ3) is 3.76. The van der Waals surface area contributed by atoms with Crippen molar-refractivity contribution in [3.63, 3.8) is 0 Å². The Balaban J connectivity index is 1.42. The van der Waals surface area contributed by atoms with Gasteiger partial charge in [0.1, 0.15) is 11.6 Å². The maximum atomic E-state index is 13.0. The zero-order valence-electron chi connectivity index (χ0n) is 17.7. The first kappa shape index (κ1) is 20.3. The topological polar surface area (TPSA) is 86.7 Å². The van der Waals surface area contributed by atoms with E-state index in [-0.39, 0.29) is 11.8 Å². The van der Waals surface area contributed by atoms with E-state index in [0.29, 0.717) is 50.8 Å². The van der Waals surface area contributed by atoms with E-state index in [1.165, 1.54) is 12.8 Å². The van der Waals surface area contributed by atoms with Crippen molar-refractivity contribution in [2.24, 2.45) is 5.92 Å². The van der Waals surface area contributed by atoms with Crippen molar-refractivity contribution in [1.29, 1.82) is 0 Å². The lowest BCUT2D eigenvalue weighted by Gasteiger charge is -2.35. The average molecular weight is 434 g/mol. The van der Waals surface area contributed by atoms with Crippen molar-refractivity contribution in [2.75, 3.05) is 37.6 Å². The standard InChI is InChI=1S/C21H31N5O3S/c1-15-18-8-9-19(27)26(13-16-6-7-16)21(18)23-20(22-15)17-5-4-12-25(14-17)30(28,29)24-10-2-3-11-24/h16-17H,2-14H2,1H3/t17-/m0/s1. The fourth-order valence-electron chi connectivity index (χ4n) is 4.98. The number of rotatable bonds is 5. The Morgan fingerprint density at radius 1 is 0.967 bits per heavy atom. The fraction of sp³-hybridized carbons (Fsp3) is 0.762. The number of anilines is 1. The molecule has 3 fully saturated rings. The Bertz CT molecular complexity index is 940. The van der Waals surface area contributed by atoms with Gasteiger partial charge >= 0.3 is 0 Å². The summed E-state index contributed by atoms with van der Waals surface area (Å²) in [6.07, 6.45) is 7.14. The van der Waals surface area contributed by atoms with E-state index >= 15 is 0 Å². The van der Waals surface area contributed by atoms with Gasteiger partial charge in [-0.25, -0.2) is 9.97 Å². The molecule has 2 saturated heterocycles. The highest BCUT2D eigenvalue weighted by molar-refractivity contribution is 7.86. The van der Waals surface area contributed by atoms with Gasteiger partial charge in [-0.3, -0.25) is 9.69 Å². The van der Waals surface area contributed by atoms with Gasteiger partial charge in [-0.15, -0.1) is 0 Å². The van der Waals surface area contributed by atoms with E-state index in [1.807, 2.05) is 11.8 Å². The molecule has 4 heterocycles. The highest BCUT2D eigenvalue weighted by Gasteiger charge is 2.38. The smallest absolute Gasteiger partial charge is 0.281 e. The number of aryl methyl sites for hydroxylation is 1. The zero-order valence-corrected chi connectivity index (χ0v) is 18.5. The highest BCUT2D eigenvalue weighted by atomic mass is 32.2. The van der Waals surface area contributed by atoms with Gasteiger partial charge in [0.15, 0.2) is 0 Å². The lowest BCUT2D eigenvalue weighted by Crippen LogP contribution is -2.47. The molecule has 1 aromatic rings. The summed E-state index contributed by atoms with van der Waals surface area (Å²) in [6.45, 7) is 4.98. The summed E-state index contributed by atoms with van der Waals surface area (Å²) in [4.78, 5) is 24.2. The quantitative estimate of drug-likeness (QED) is 0.709. The van der Waals surface area contributed by atoms with Gasteiger partial charge < -0.3 is 0 Å². The molecular weight excluding hydrogens is 402 g/mol. The van der Waals surface area contributed by atoms with Crippen molar-refractivity contribution >= 4 is 21.9 Å². The third-order valence-electron chi connectivity index (χ3n) is 6.96. The zero-order chi connectivity index (χ0) is 20.9. The first-order valence-electron chi connectivity index (χ1n) is 11.4. The number of nitrogens with zero attached hydrogens (tertiary/aromatic N) is 5. The van der Waals surface area contributed by atoms with Gasteiger partial charge in [0.2, 0.25) is 5.91 Å². The second kappa shape index (κ2) is 7.84. The van der Waals surface area contributed by atoms with Crippen LogP contribution in [0.25, 0.3) is 0 Å². The number of hydrogen-bond acceptors (Lipinski definition) is 5. The maximum absolute atomic E-state index is 13.0. The fourth-order valence-corrected chi connectivity index (χ4v) is 6.75. The number of amides is 1. The Hall–Kier alpha value is -1.58. The molecule has 1 amide bonds. The molecule has 1 saturated carbocycles. The monoisotopic (exact) mass is 433 g/mol. The van der Waals surface area contributed by atoms with E-state index in [1.54, 1.807) is 8.61 Å². The molecule has 0 spiro atoms. The van der Waals surface area contributed by atoms with Crippen molar-refractivity contribution < 1.29 is 13.2 Å². The maximum Gasteiger partial charge on any atom is 0.281 e. The molecule has 164 valence electrons. The van der Waals surface area contributed by atoms with E-state index in [9.17, 15) is 13.2 Å². The van der Waals surface area contributed by atoms with Crippen LogP contribution in [0.5, 0.6) is 0 Å². The van der Waals surface area contributed by atoms with Crippen LogP contribution in [-0.2, 0) is 21.4 Å². The first-order chi connectivity index (χ1) is 14.4. The summed E-state index contributed by atoms with van der Waals surface area (Å²) in [6, 6.07) is 0. The summed E-state index contributed by atoms with van der Waals surface area (Å²) < 4.78 is 29.3. The largest absolute Gasteiger partial charge is 0.296 e. The van der Waals surface area contributed by atoms with Gasteiger partial charge in [-0.1, -0.05) is 0 Å². The predicted octanol–water partition coefficient (Wildman–Crippen LogP) is 1.99. The van der Waals surface area contributed by atoms with Crippen LogP contribution in [0.4, 0.5) is 5.82 Å². The molecule has 9 heteroatoms. The van der Waals surface area contributed by atoms with Crippen LogP contribution in [0.3, 0.4) is 0 Å². The summed E-state index contributed by atoms with van der Waals surface area (Å²) in [5.41, 5.74) is 2.01. The molecule has 0 unspecified atom stereocenters. The van der Waals surface area contributed by atoms with Crippen LogP contribution in [0.1, 0.15) is 67.9 Å². The van der Waals surface area contributed by atoms with E-state index in [4.69, 9.17) is 9.97 Å². The molecule has 8 nitrogen and oxygen atoms in total. The van der Waals surface area contributed by atoms with Crippen molar-refractivity contribution in [1.82, 2.24) is 18.6 Å². The molecule has 0 bridgehead atoms. The van der Waals surface area contributed by atoms with Crippen LogP contribution < -0.4 is 4.90 Å². The average Bonchev–Trinajstić information content (AvgIpc) is 3.38. The second-order valence-electron chi connectivity index (χ2n) is 9.23. The Morgan fingerprint density at radius 2 is 1.70 bits per heavy atom. The van der Waals surface area contributed by atoms with Gasteiger partial charge in [-0.2, -0.15) is 17.0 Å². The molecule has 4 aliphatic rings. The van der Waals surface area contributed by atoms with Crippen LogP contribution >= 0.6 is 0 Å². The molecule has 1 aliphatic carbocycles. The Morgan fingerprint density at radius 3 is 2.43 bits per heavy atom. The molecular formula is C21H31N5O3S. The van der Waals surface area contributed by atoms with Crippen LogP contribution in [0.15, 0.2) is 0 Å². The van der Waals surface area contributed by atoms with Crippen LogP contribution in [-0.4, -0.2) is 65.6 Å².